The Labute approximate surface area is 161 Å². The lowest BCUT2D eigenvalue weighted by molar-refractivity contribution is 0.0807. The van der Waals surface area contributed by atoms with E-state index in [0.717, 1.165) is 18.4 Å². The van der Waals surface area contributed by atoms with E-state index in [9.17, 15) is 4.79 Å². The van der Waals surface area contributed by atoms with Crippen LogP contribution in [-0.2, 0) is 6.42 Å². The first-order valence-corrected chi connectivity index (χ1v) is 9.21. The summed E-state index contributed by atoms with van der Waals surface area (Å²) in [6.45, 7) is 4.27. The van der Waals surface area contributed by atoms with Crippen molar-refractivity contribution in [1.29, 1.82) is 0 Å². The van der Waals surface area contributed by atoms with Crippen LogP contribution in [0.1, 0.15) is 25.8 Å². The number of fused-ring (bicyclic) bond motifs is 4. The van der Waals surface area contributed by atoms with Crippen LogP contribution in [0.5, 0.6) is 23.0 Å². The third-order valence-electron chi connectivity index (χ3n) is 5.33. The van der Waals surface area contributed by atoms with Crippen LogP contribution in [0.15, 0.2) is 39.7 Å². The van der Waals surface area contributed by atoms with E-state index in [2.05, 4.69) is 0 Å². The Kier molecular flexibility index (Phi) is 3.59. The average Bonchev–Trinajstić information content (AvgIpc) is 3.14. The van der Waals surface area contributed by atoms with Crippen molar-refractivity contribution in [2.75, 3.05) is 13.9 Å². The number of rotatable bonds is 2. The van der Waals surface area contributed by atoms with E-state index in [1.807, 2.05) is 19.9 Å². The van der Waals surface area contributed by atoms with Crippen LogP contribution in [0, 0.1) is 0 Å². The van der Waals surface area contributed by atoms with Gasteiger partial charge in [0.2, 0.25) is 12.2 Å². The fourth-order valence-electron chi connectivity index (χ4n) is 3.80. The highest BCUT2D eigenvalue weighted by molar-refractivity contribution is 5.88. The molecular weight excluding hydrogens is 360 g/mol. The first-order valence-electron chi connectivity index (χ1n) is 9.21. The topological polar surface area (TPSA) is 67.1 Å². The van der Waals surface area contributed by atoms with Crippen molar-refractivity contribution in [3.63, 3.8) is 0 Å². The molecule has 3 aromatic rings. The summed E-state index contributed by atoms with van der Waals surface area (Å²) in [4.78, 5) is 13.3. The van der Waals surface area contributed by atoms with Gasteiger partial charge in [0.15, 0.2) is 23.0 Å². The molecule has 0 bridgehead atoms. The van der Waals surface area contributed by atoms with Crippen LogP contribution in [0.3, 0.4) is 0 Å². The lowest BCUT2D eigenvalue weighted by Gasteiger charge is -2.33. The highest BCUT2D eigenvalue weighted by Gasteiger charge is 2.32. The summed E-state index contributed by atoms with van der Waals surface area (Å²) in [7, 11) is 1.58. The molecule has 0 radical (unpaired) electrons. The Morgan fingerprint density at radius 3 is 2.75 bits per heavy atom. The van der Waals surface area contributed by atoms with Gasteiger partial charge >= 0.3 is 0 Å². The Bertz CT molecular complexity index is 1160. The molecule has 0 atom stereocenters. The minimum Gasteiger partial charge on any atom is -0.493 e. The number of hydrogen-bond donors (Lipinski definition) is 0. The molecule has 0 fully saturated rings. The van der Waals surface area contributed by atoms with Gasteiger partial charge in [-0.25, -0.2) is 0 Å². The van der Waals surface area contributed by atoms with Gasteiger partial charge in [0, 0.05) is 5.56 Å². The van der Waals surface area contributed by atoms with Gasteiger partial charge in [0.1, 0.15) is 17.4 Å². The molecule has 0 saturated heterocycles. The number of aryl methyl sites for hydroxylation is 1. The van der Waals surface area contributed by atoms with Crippen LogP contribution in [0.2, 0.25) is 0 Å². The Morgan fingerprint density at radius 1 is 1.11 bits per heavy atom. The summed E-state index contributed by atoms with van der Waals surface area (Å²) < 4.78 is 28.4. The van der Waals surface area contributed by atoms with E-state index in [4.69, 9.17) is 23.4 Å². The largest absolute Gasteiger partial charge is 0.493 e. The summed E-state index contributed by atoms with van der Waals surface area (Å²) >= 11 is 0. The fourth-order valence-corrected chi connectivity index (χ4v) is 3.80. The second-order valence-corrected chi connectivity index (χ2v) is 7.67. The smallest absolute Gasteiger partial charge is 0.231 e. The van der Waals surface area contributed by atoms with Gasteiger partial charge < -0.3 is 23.4 Å². The molecule has 2 aliphatic rings. The van der Waals surface area contributed by atoms with Gasteiger partial charge in [-0.15, -0.1) is 0 Å². The van der Waals surface area contributed by atoms with Crippen LogP contribution in [0.4, 0.5) is 0 Å². The van der Waals surface area contributed by atoms with Gasteiger partial charge in [-0.05, 0) is 50.5 Å². The van der Waals surface area contributed by atoms with Gasteiger partial charge in [-0.1, -0.05) is 6.07 Å². The molecule has 0 N–H and O–H groups in total. The van der Waals surface area contributed by atoms with Gasteiger partial charge in [0.25, 0.3) is 0 Å². The molecule has 6 heteroatoms. The molecular formula is C22H20O6. The van der Waals surface area contributed by atoms with E-state index in [1.54, 1.807) is 25.3 Å². The summed E-state index contributed by atoms with van der Waals surface area (Å²) in [5.74, 6) is 2.50. The number of benzene rings is 2. The van der Waals surface area contributed by atoms with Crippen molar-refractivity contribution >= 4 is 11.0 Å². The molecule has 28 heavy (non-hydrogen) atoms. The van der Waals surface area contributed by atoms with Gasteiger partial charge in [-0.3, -0.25) is 4.79 Å². The number of methoxy groups -OCH3 is 1. The molecule has 2 aliphatic heterocycles. The third kappa shape index (κ3) is 2.52. The molecule has 5 rings (SSSR count). The molecule has 0 amide bonds. The quantitative estimate of drug-likeness (QED) is 0.660. The van der Waals surface area contributed by atoms with Crippen molar-refractivity contribution in [1.82, 2.24) is 0 Å². The normalized spacial score (nSPS) is 16.5. The predicted octanol–water partition coefficient (Wildman–Crippen LogP) is 4.30. The highest BCUT2D eigenvalue weighted by Crippen LogP contribution is 2.44. The summed E-state index contributed by atoms with van der Waals surface area (Å²) in [5, 5.41) is 0.481. The monoisotopic (exact) mass is 380 g/mol. The van der Waals surface area contributed by atoms with E-state index < -0.39 is 0 Å². The maximum Gasteiger partial charge on any atom is 0.231 e. The van der Waals surface area contributed by atoms with Gasteiger partial charge in [-0.2, -0.15) is 0 Å². The second kappa shape index (κ2) is 5.92. The minimum atomic E-state index is -0.291. The third-order valence-corrected chi connectivity index (χ3v) is 5.33. The average molecular weight is 380 g/mol. The molecule has 0 spiro atoms. The lowest BCUT2D eigenvalue weighted by Crippen LogP contribution is -2.33. The zero-order valence-electron chi connectivity index (χ0n) is 16.0. The van der Waals surface area contributed by atoms with Crippen LogP contribution in [0.25, 0.3) is 22.1 Å². The molecule has 0 aliphatic carbocycles. The summed E-state index contributed by atoms with van der Waals surface area (Å²) in [6, 6.07) is 7.12. The predicted molar refractivity (Wildman–Crippen MR) is 104 cm³/mol. The molecule has 0 saturated carbocycles. The van der Waals surface area contributed by atoms with E-state index >= 15 is 0 Å². The maximum absolute atomic E-state index is 13.3. The number of ether oxygens (including phenoxy) is 4. The minimum absolute atomic E-state index is 0.119. The second-order valence-electron chi connectivity index (χ2n) is 7.67. The molecule has 144 valence electrons. The van der Waals surface area contributed by atoms with Crippen LogP contribution in [-0.4, -0.2) is 19.5 Å². The highest BCUT2D eigenvalue weighted by atomic mass is 16.7. The molecule has 6 nitrogen and oxygen atoms in total. The Balaban J connectivity index is 1.71. The van der Waals surface area contributed by atoms with Crippen molar-refractivity contribution in [2.24, 2.45) is 0 Å². The molecule has 0 unspecified atom stereocenters. The SMILES string of the molecule is COc1cc2c(=O)c(-c3ccc4c(c3)OCO4)coc2c2c1OC(C)(C)CC2. The first kappa shape index (κ1) is 17.0. The Hall–Kier alpha value is -3.15. The van der Waals surface area contributed by atoms with Crippen molar-refractivity contribution in [2.45, 2.75) is 32.3 Å². The molecule has 3 heterocycles. The molecule has 1 aromatic heterocycles. The zero-order valence-corrected chi connectivity index (χ0v) is 16.0. The van der Waals surface area contributed by atoms with E-state index in [0.29, 0.717) is 45.1 Å². The lowest BCUT2D eigenvalue weighted by atomic mass is 9.92. The van der Waals surface area contributed by atoms with Crippen LogP contribution >= 0.6 is 0 Å². The number of hydrogen-bond acceptors (Lipinski definition) is 6. The van der Waals surface area contributed by atoms with E-state index in [1.165, 1.54) is 6.26 Å². The summed E-state index contributed by atoms with van der Waals surface area (Å²) in [5.41, 5.74) is 2.20. The Morgan fingerprint density at radius 2 is 1.93 bits per heavy atom. The van der Waals surface area contributed by atoms with Crippen LogP contribution < -0.4 is 24.4 Å². The summed E-state index contributed by atoms with van der Waals surface area (Å²) in [6.07, 6.45) is 3.09. The fraction of sp³-hybridized carbons (Fsp3) is 0.318. The molecule has 2 aromatic carbocycles. The standard InChI is InChI=1S/C22H20O6/c1-22(2)7-6-13-20-14(9-18(24-3)21(13)28-22)19(23)15(10-25-20)12-4-5-16-17(8-12)27-11-26-16/h4-5,8-10H,6-7,11H2,1-3H3. The maximum atomic E-state index is 13.3. The van der Waals surface area contributed by atoms with Crippen molar-refractivity contribution in [3.05, 3.63) is 46.3 Å². The zero-order chi connectivity index (χ0) is 19.5. The van der Waals surface area contributed by atoms with E-state index in [-0.39, 0.29) is 17.8 Å². The first-order chi connectivity index (χ1) is 13.5. The van der Waals surface area contributed by atoms with Gasteiger partial charge in [0.05, 0.1) is 18.1 Å². The van der Waals surface area contributed by atoms with Crippen molar-refractivity contribution < 1.29 is 23.4 Å². The van der Waals surface area contributed by atoms with Crippen molar-refractivity contribution in [3.8, 4) is 34.1 Å².